The van der Waals surface area contributed by atoms with Crippen molar-refractivity contribution in [2.45, 2.75) is 13.0 Å². The number of nitrogens with zero attached hydrogens (tertiary/aromatic N) is 2. The third kappa shape index (κ3) is 3.75. The Morgan fingerprint density at radius 3 is 2.89 bits per heavy atom. The highest BCUT2D eigenvalue weighted by Gasteiger charge is 2.02. The fourth-order valence-corrected chi connectivity index (χ4v) is 1.72. The quantitative estimate of drug-likeness (QED) is 0.845. The van der Waals surface area contributed by atoms with Crippen molar-refractivity contribution >= 4 is 11.6 Å². The molecule has 0 aliphatic heterocycles. The van der Waals surface area contributed by atoms with Crippen molar-refractivity contribution in [3.63, 3.8) is 0 Å². The highest BCUT2D eigenvalue weighted by molar-refractivity contribution is 6.30. The number of aromatic nitrogens is 2. The summed E-state index contributed by atoms with van der Waals surface area (Å²) in [6.07, 6.45) is 5.79. The molecule has 0 atom stereocenters. The largest absolute Gasteiger partial charge is 0.312 e. The van der Waals surface area contributed by atoms with Crippen LogP contribution in [-0.4, -0.2) is 16.5 Å². The van der Waals surface area contributed by atoms with Gasteiger partial charge in [-0.1, -0.05) is 17.7 Å². The maximum atomic E-state index is 13.5. The van der Waals surface area contributed by atoms with E-state index in [9.17, 15) is 4.39 Å². The first-order chi connectivity index (χ1) is 8.75. The van der Waals surface area contributed by atoms with Crippen LogP contribution in [-0.2, 0) is 13.0 Å². The van der Waals surface area contributed by atoms with Gasteiger partial charge in [-0.2, -0.15) is 0 Å². The van der Waals surface area contributed by atoms with Gasteiger partial charge >= 0.3 is 0 Å². The molecule has 0 aliphatic carbocycles. The molecule has 1 aromatic heterocycles. The minimum absolute atomic E-state index is 0.283. The fourth-order valence-electron chi connectivity index (χ4n) is 1.56. The second kappa shape index (κ2) is 6.42. The molecule has 1 aromatic carbocycles. The van der Waals surface area contributed by atoms with Crippen LogP contribution in [0.4, 0.5) is 4.39 Å². The molecule has 3 nitrogen and oxygen atoms in total. The van der Waals surface area contributed by atoms with Crippen LogP contribution in [0.2, 0.25) is 5.02 Å². The van der Waals surface area contributed by atoms with Crippen LogP contribution >= 0.6 is 11.6 Å². The summed E-state index contributed by atoms with van der Waals surface area (Å²) < 4.78 is 13.5. The first-order valence-corrected chi connectivity index (χ1v) is 6.03. The van der Waals surface area contributed by atoms with Crippen molar-refractivity contribution in [3.8, 4) is 0 Å². The van der Waals surface area contributed by atoms with E-state index >= 15 is 0 Å². The van der Waals surface area contributed by atoms with Gasteiger partial charge in [0.2, 0.25) is 0 Å². The molecule has 1 N–H and O–H groups in total. The second-order valence-electron chi connectivity index (χ2n) is 3.86. The third-order valence-electron chi connectivity index (χ3n) is 2.51. The van der Waals surface area contributed by atoms with Crippen molar-refractivity contribution in [1.29, 1.82) is 0 Å². The van der Waals surface area contributed by atoms with Crippen molar-refractivity contribution in [2.24, 2.45) is 0 Å². The van der Waals surface area contributed by atoms with Crippen LogP contribution in [0.5, 0.6) is 0 Å². The number of rotatable bonds is 5. The Hall–Kier alpha value is -1.52. The maximum absolute atomic E-state index is 13.5. The zero-order valence-corrected chi connectivity index (χ0v) is 10.5. The lowest BCUT2D eigenvalue weighted by molar-refractivity contribution is 0.587. The van der Waals surface area contributed by atoms with Gasteiger partial charge in [-0.15, -0.1) is 0 Å². The van der Waals surface area contributed by atoms with E-state index in [1.165, 1.54) is 6.07 Å². The monoisotopic (exact) mass is 265 g/mol. The Balaban J connectivity index is 1.79. The van der Waals surface area contributed by atoms with E-state index in [2.05, 4.69) is 15.3 Å². The number of benzene rings is 1. The molecule has 5 heteroatoms. The molecule has 0 saturated carbocycles. The van der Waals surface area contributed by atoms with Crippen LogP contribution in [0.25, 0.3) is 0 Å². The van der Waals surface area contributed by atoms with Crippen LogP contribution in [0.1, 0.15) is 11.3 Å². The number of hydrogen-bond donors (Lipinski definition) is 1. The lowest BCUT2D eigenvalue weighted by Gasteiger charge is -2.06. The molecule has 94 valence electrons. The first kappa shape index (κ1) is 12.9. The predicted octanol–water partition coefficient (Wildman–Crippen LogP) is 2.60. The van der Waals surface area contributed by atoms with Crippen molar-refractivity contribution in [2.75, 3.05) is 6.54 Å². The highest BCUT2D eigenvalue weighted by Crippen LogP contribution is 2.14. The number of nitrogens with one attached hydrogen (secondary N) is 1. The van der Waals surface area contributed by atoms with Gasteiger partial charge in [0.05, 0.1) is 5.69 Å². The third-order valence-corrected chi connectivity index (χ3v) is 2.74. The molecule has 0 amide bonds. The van der Waals surface area contributed by atoms with Crippen LogP contribution in [0, 0.1) is 5.82 Å². The minimum atomic E-state index is -0.283. The second-order valence-corrected chi connectivity index (χ2v) is 4.30. The Morgan fingerprint density at radius 1 is 1.28 bits per heavy atom. The SMILES string of the molecule is Fc1cc(Cl)ccc1CNCCc1cnccn1. The van der Waals surface area contributed by atoms with Crippen molar-refractivity contribution in [1.82, 2.24) is 15.3 Å². The molecule has 2 rings (SSSR count). The molecule has 0 radical (unpaired) electrons. The molecular formula is C13H13ClFN3. The standard InChI is InChI=1S/C13H13ClFN3/c14-11-2-1-10(13(15)7-11)8-16-4-3-12-9-17-5-6-18-12/h1-2,5-7,9,16H,3-4,8H2. The van der Waals surface area contributed by atoms with Gasteiger partial charge in [0.1, 0.15) is 5.82 Å². The van der Waals surface area contributed by atoms with Crippen molar-refractivity contribution < 1.29 is 4.39 Å². The van der Waals surface area contributed by atoms with Gasteiger partial charge < -0.3 is 5.32 Å². The molecule has 0 fully saturated rings. The zero-order chi connectivity index (χ0) is 12.8. The van der Waals surface area contributed by atoms with E-state index in [4.69, 9.17) is 11.6 Å². The lowest BCUT2D eigenvalue weighted by atomic mass is 10.2. The Bertz CT molecular complexity index is 505. The molecule has 18 heavy (non-hydrogen) atoms. The van der Waals surface area contributed by atoms with Gasteiger partial charge in [0.25, 0.3) is 0 Å². The summed E-state index contributed by atoms with van der Waals surface area (Å²) in [5.41, 5.74) is 1.53. The summed E-state index contributed by atoms with van der Waals surface area (Å²) >= 11 is 5.68. The summed E-state index contributed by atoms with van der Waals surface area (Å²) in [7, 11) is 0. The average molecular weight is 266 g/mol. The number of hydrogen-bond acceptors (Lipinski definition) is 3. The van der Waals surface area contributed by atoms with Crippen LogP contribution in [0.3, 0.4) is 0 Å². The van der Waals surface area contributed by atoms with Crippen LogP contribution < -0.4 is 5.32 Å². The van der Waals surface area contributed by atoms with Gasteiger partial charge in [-0.25, -0.2) is 4.39 Å². The summed E-state index contributed by atoms with van der Waals surface area (Å²) in [6, 6.07) is 4.69. The topological polar surface area (TPSA) is 37.8 Å². The normalized spacial score (nSPS) is 10.6. The highest BCUT2D eigenvalue weighted by atomic mass is 35.5. The first-order valence-electron chi connectivity index (χ1n) is 5.65. The van der Waals surface area contributed by atoms with E-state index in [0.29, 0.717) is 17.1 Å². The Labute approximate surface area is 110 Å². The van der Waals surface area contributed by atoms with Gasteiger partial charge in [0.15, 0.2) is 0 Å². The summed E-state index contributed by atoms with van der Waals surface area (Å²) in [5, 5.41) is 3.57. The smallest absolute Gasteiger partial charge is 0.129 e. The Morgan fingerprint density at radius 2 is 2.17 bits per heavy atom. The molecule has 0 saturated heterocycles. The van der Waals surface area contributed by atoms with Gasteiger partial charge in [-0.3, -0.25) is 9.97 Å². The zero-order valence-electron chi connectivity index (χ0n) is 9.74. The summed E-state index contributed by atoms with van der Waals surface area (Å²) in [5.74, 6) is -0.283. The molecule has 1 heterocycles. The van der Waals surface area contributed by atoms with E-state index in [-0.39, 0.29) is 5.82 Å². The molecular weight excluding hydrogens is 253 g/mol. The van der Waals surface area contributed by atoms with Gasteiger partial charge in [0, 0.05) is 48.7 Å². The molecule has 0 bridgehead atoms. The van der Waals surface area contributed by atoms with E-state index in [1.807, 2.05) is 0 Å². The molecule has 0 aliphatic rings. The summed E-state index contributed by atoms with van der Waals surface area (Å²) in [6.45, 7) is 1.20. The van der Waals surface area contributed by atoms with Gasteiger partial charge in [-0.05, 0) is 12.1 Å². The van der Waals surface area contributed by atoms with E-state index in [1.54, 1.807) is 30.7 Å². The average Bonchev–Trinajstić information content (AvgIpc) is 2.38. The van der Waals surface area contributed by atoms with E-state index in [0.717, 1.165) is 18.7 Å². The van der Waals surface area contributed by atoms with Crippen LogP contribution in [0.15, 0.2) is 36.8 Å². The fraction of sp³-hybridized carbons (Fsp3) is 0.231. The lowest BCUT2D eigenvalue weighted by Crippen LogP contribution is -2.17. The predicted molar refractivity (Wildman–Crippen MR) is 68.9 cm³/mol. The molecule has 0 unspecified atom stereocenters. The maximum Gasteiger partial charge on any atom is 0.129 e. The Kier molecular flexibility index (Phi) is 4.61. The van der Waals surface area contributed by atoms with Crippen molar-refractivity contribution in [3.05, 3.63) is 58.9 Å². The summed E-state index contributed by atoms with van der Waals surface area (Å²) in [4.78, 5) is 8.14. The number of halogens is 2. The molecule has 0 spiro atoms. The van der Waals surface area contributed by atoms with E-state index < -0.39 is 0 Å². The molecule has 2 aromatic rings. The minimum Gasteiger partial charge on any atom is -0.312 e.